The minimum Gasteiger partial charge on any atom is -0.231 e. The van der Waals surface area contributed by atoms with Gasteiger partial charge >= 0.3 is 0 Å². The van der Waals surface area contributed by atoms with Crippen LogP contribution >= 0.6 is 0 Å². The Morgan fingerprint density at radius 1 is 0.964 bits per heavy atom. The van der Waals surface area contributed by atoms with E-state index in [1.165, 1.54) is 51.0 Å². The number of hydrogen-bond acceptors (Lipinski definition) is 1. The zero-order chi connectivity index (χ0) is 19.3. The minimum absolute atomic E-state index is 0.482. The first kappa shape index (κ1) is 17.2. The van der Waals surface area contributed by atoms with Gasteiger partial charge in [0.15, 0.2) is 0 Å². The van der Waals surface area contributed by atoms with Crippen LogP contribution in [0.2, 0.25) is 0 Å². The van der Waals surface area contributed by atoms with Crippen LogP contribution in [-0.4, -0.2) is 9.78 Å². The molecule has 1 atom stereocenters. The number of hydrogen-bond donors (Lipinski definition) is 0. The molecule has 5 rings (SSSR count). The highest BCUT2D eigenvalue weighted by Gasteiger charge is 2.32. The van der Waals surface area contributed by atoms with Crippen molar-refractivity contribution in [1.29, 1.82) is 0 Å². The lowest BCUT2D eigenvalue weighted by Crippen LogP contribution is -2.37. The fourth-order valence-electron chi connectivity index (χ4n) is 4.78. The molecule has 4 aromatic rings. The molecule has 0 aliphatic carbocycles. The summed E-state index contributed by atoms with van der Waals surface area (Å²) in [6.07, 6.45) is 5.48. The van der Waals surface area contributed by atoms with E-state index in [9.17, 15) is 0 Å². The molecular weight excluding hydrogens is 342 g/mol. The van der Waals surface area contributed by atoms with Crippen molar-refractivity contribution in [3.05, 3.63) is 89.0 Å². The highest BCUT2D eigenvalue weighted by Crippen LogP contribution is 2.25. The smallest absolute Gasteiger partial charge is 0.231 e. The minimum atomic E-state index is 0.482. The van der Waals surface area contributed by atoms with Crippen molar-refractivity contribution in [3.8, 4) is 5.69 Å². The highest BCUT2D eigenvalue weighted by molar-refractivity contribution is 5.82. The topological polar surface area (TPSA) is 21.7 Å². The maximum Gasteiger partial charge on any atom is 0.278 e. The van der Waals surface area contributed by atoms with Crippen molar-refractivity contribution >= 4 is 10.8 Å². The molecule has 0 bridgehead atoms. The first-order valence-corrected chi connectivity index (χ1v) is 10.1. The maximum atomic E-state index is 4.93. The van der Waals surface area contributed by atoms with Crippen LogP contribution in [0, 0.1) is 20.8 Å². The average Bonchev–Trinajstić information content (AvgIpc) is 3.23. The van der Waals surface area contributed by atoms with Crippen LogP contribution in [0.25, 0.3) is 16.5 Å². The van der Waals surface area contributed by atoms with E-state index in [-0.39, 0.29) is 0 Å². The van der Waals surface area contributed by atoms with E-state index in [4.69, 9.17) is 5.10 Å². The molecule has 140 valence electrons. The van der Waals surface area contributed by atoms with Crippen LogP contribution in [0.3, 0.4) is 0 Å². The Morgan fingerprint density at radius 3 is 2.50 bits per heavy atom. The van der Waals surface area contributed by atoms with E-state index in [2.05, 4.69) is 90.9 Å². The average molecular weight is 369 g/mol. The van der Waals surface area contributed by atoms with E-state index >= 15 is 0 Å². The number of benzene rings is 3. The Bertz CT molecular complexity index is 1160. The van der Waals surface area contributed by atoms with Crippen LogP contribution in [0.4, 0.5) is 0 Å². The summed E-state index contributed by atoms with van der Waals surface area (Å²) in [4.78, 5) is 0. The summed E-state index contributed by atoms with van der Waals surface area (Å²) in [5, 5.41) is 7.57. The molecule has 3 aromatic carbocycles. The third-order valence-corrected chi connectivity index (χ3v) is 6.00. The highest BCUT2D eigenvalue weighted by atomic mass is 15.4. The molecule has 0 spiro atoms. The van der Waals surface area contributed by atoms with Crippen molar-refractivity contribution in [2.45, 2.75) is 46.1 Å². The van der Waals surface area contributed by atoms with Crippen LogP contribution in [0.1, 0.15) is 40.5 Å². The molecule has 0 unspecified atom stereocenters. The lowest BCUT2D eigenvalue weighted by molar-refractivity contribution is -0.716. The van der Waals surface area contributed by atoms with Gasteiger partial charge in [0.1, 0.15) is 5.69 Å². The van der Waals surface area contributed by atoms with Gasteiger partial charge in [0, 0.05) is 17.9 Å². The molecule has 3 heteroatoms. The van der Waals surface area contributed by atoms with Gasteiger partial charge in [-0.1, -0.05) is 64.8 Å². The van der Waals surface area contributed by atoms with Gasteiger partial charge in [0.05, 0.1) is 6.04 Å². The third-order valence-electron chi connectivity index (χ3n) is 6.00. The second-order valence-electron chi connectivity index (χ2n) is 8.21. The molecule has 0 amide bonds. The molecule has 0 fully saturated rings. The molecule has 1 aromatic heterocycles. The molecule has 0 saturated heterocycles. The fourth-order valence-corrected chi connectivity index (χ4v) is 4.78. The summed E-state index contributed by atoms with van der Waals surface area (Å²) >= 11 is 0. The number of fused-ring (bicyclic) bond motifs is 2. The molecule has 1 aliphatic heterocycles. The van der Waals surface area contributed by atoms with Crippen LogP contribution in [-0.2, 0) is 12.8 Å². The molecule has 3 nitrogen and oxygen atoms in total. The van der Waals surface area contributed by atoms with E-state index in [0.29, 0.717) is 6.04 Å². The van der Waals surface area contributed by atoms with Crippen LogP contribution in [0.5, 0.6) is 0 Å². The van der Waals surface area contributed by atoms with Gasteiger partial charge in [-0.15, -0.1) is 0 Å². The summed E-state index contributed by atoms with van der Waals surface area (Å²) in [5.41, 5.74) is 6.49. The van der Waals surface area contributed by atoms with Gasteiger partial charge < -0.3 is 0 Å². The molecule has 28 heavy (non-hydrogen) atoms. The quantitative estimate of drug-likeness (QED) is 0.468. The van der Waals surface area contributed by atoms with E-state index < -0.39 is 0 Å². The Balaban J connectivity index is 1.47. The van der Waals surface area contributed by atoms with Gasteiger partial charge in [-0.2, -0.15) is 0 Å². The van der Waals surface area contributed by atoms with Crippen molar-refractivity contribution < 1.29 is 4.57 Å². The number of aryl methyl sites for hydroxylation is 4. The SMILES string of the molecule is Cc1cc(C)c(-n2c[n+]3c(n2)CC[C@H]3Cc2ccc3ccccc3c2)c(C)c1. The van der Waals surface area contributed by atoms with Gasteiger partial charge in [-0.05, 0) is 54.7 Å². The zero-order valence-electron chi connectivity index (χ0n) is 16.8. The Labute approximate surface area is 166 Å². The van der Waals surface area contributed by atoms with Crippen molar-refractivity contribution in [3.63, 3.8) is 0 Å². The summed E-state index contributed by atoms with van der Waals surface area (Å²) in [7, 11) is 0. The summed E-state index contributed by atoms with van der Waals surface area (Å²) in [5.74, 6) is 1.20. The lowest BCUT2D eigenvalue weighted by Gasteiger charge is -2.10. The fraction of sp³-hybridized carbons (Fsp3) is 0.280. The summed E-state index contributed by atoms with van der Waals surface area (Å²) in [6.45, 7) is 6.51. The predicted octanol–water partition coefficient (Wildman–Crippen LogP) is 4.97. The number of nitrogens with zero attached hydrogens (tertiary/aromatic N) is 3. The third kappa shape index (κ3) is 2.91. The van der Waals surface area contributed by atoms with Crippen molar-refractivity contribution in [1.82, 2.24) is 9.78 Å². The van der Waals surface area contributed by atoms with Crippen LogP contribution < -0.4 is 4.57 Å². The summed E-state index contributed by atoms with van der Waals surface area (Å²) in [6, 6.07) is 20.4. The van der Waals surface area contributed by atoms with E-state index in [0.717, 1.165) is 12.8 Å². The number of rotatable bonds is 3. The summed E-state index contributed by atoms with van der Waals surface area (Å²) < 4.78 is 4.49. The van der Waals surface area contributed by atoms with E-state index in [1.54, 1.807) is 0 Å². The van der Waals surface area contributed by atoms with E-state index in [1.807, 2.05) is 0 Å². The standard InChI is InChI=1S/C25H26N3/c1-17-12-18(2)25(19(3)13-17)28-16-27-23(10-11-24(27)26-28)15-20-8-9-21-6-4-5-7-22(21)14-20/h4-9,12-14,16,23H,10-11,15H2,1-3H3/q+1/t23-/m0/s1. The molecule has 0 N–H and O–H groups in total. The van der Waals surface area contributed by atoms with Crippen molar-refractivity contribution in [2.75, 3.05) is 0 Å². The van der Waals surface area contributed by atoms with Crippen LogP contribution in [0.15, 0.2) is 60.9 Å². The predicted molar refractivity (Wildman–Crippen MR) is 113 cm³/mol. The molecule has 1 aliphatic rings. The first-order chi connectivity index (χ1) is 13.6. The Hall–Kier alpha value is -2.94. The molecular formula is C25H26N3+. The monoisotopic (exact) mass is 368 g/mol. The first-order valence-electron chi connectivity index (χ1n) is 10.1. The molecule has 0 saturated carbocycles. The molecule has 2 heterocycles. The normalized spacial score (nSPS) is 15.9. The van der Waals surface area contributed by atoms with Gasteiger partial charge in [0.2, 0.25) is 6.33 Å². The largest absolute Gasteiger partial charge is 0.278 e. The lowest BCUT2D eigenvalue weighted by atomic mass is 10.0. The van der Waals surface area contributed by atoms with Gasteiger partial charge in [-0.25, -0.2) is 4.57 Å². The second-order valence-corrected chi connectivity index (χ2v) is 8.21. The number of aromatic nitrogens is 3. The van der Waals surface area contributed by atoms with Gasteiger partial charge in [-0.3, -0.25) is 0 Å². The zero-order valence-corrected chi connectivity index (χ0v) is 16.8. The van der Waals surface area contributed by atoms with Crippen molar-refractivity contribution in [2.24, 2.45) is 0 Å². The maximum absolute atomic E-state index is 4.93. The second kappa shape index (κ2) is 6.59. The Morgan fingerprint density at radius 2 is 1.71 bits per heavy atom. The molecule has 0 radical (unpaired) electrons. The Kier molecular flexibility index (Phi) is 4.04. The van der Waals surface area contributed by atoms with Gasteiger partial charge in [0.25, 0.3) is 5.82 Å².